The van der Waals surface area contributed by atoms with Gasteiger partial charge in [-0.15, -0.1) is 0 Å². The van der Waals surface area contributed by atoms with E-state index in [2.05, 4.69) is 5.32 Å². The van der Waals surface area contributed by atoms with Gasteiger partial charge in [0.25, 0.3) is 0 Å². The Morgan fingerprint density at radius 2 is 1.80 bits per heavy atom. The summed E-state index contributed by atoms with van der Waals surface area (Å²) in [5.41, 5.74) is 0.227. The number of benzene rings is 1. The van der Waals surface area contributed by atoms with Crippen LogP contribution < -0.4 is 5.32 Å². The largest absolute Gasteiger partial charge is 0.506 e. The van der Waals surface area contributed by atoms with Gasteiger partial charge >= 0.3 is 5.97 Å². The second-order valence-electron chi connectivity index (χ2n) is 5.66. The minimum absolute atomic E-state index is 0.0328. The molecule has 5 nitrogen and oxygen atoms in total. The lowest BCUT2D eigenvalue weighted by molar-refractivity contribution is -0.117. The van der Waals surface area contributed by atoms with E-state index in [9.17, 15) is 14.7 Å². The number of carbonyl (C=O) groups is 2. The van der Waals surface area contributed by atoms with Gasteiger partial charge in [-0.25, -0.2) is 4.79 Å². The molecular weight excluding hydrogens is 258 g/mol. The van der Waals surface area contributed by atoms with E-state index in [1.165, 1.54) is 31.0 Å². The molecule has 2 aliphatic rings. The molecule has 2 fully saturated rings. The molecule has 1 aromatic carbocycles. The van der Waals surface area contributed by atoms with E-state index < -0.39 is 5.97 Å². The number of phenolic OH excluding ortho intramolecular Hbond substituents is 1. The van der Waals surface area contributed by atoms with Crippen LogP contribution in [0, 0.1) is 17.8 Å². The number of carboxylic acid groups (broad SMARTS) is 1. The van der Waals surface area contributed by atoms with Crippen molar-refractivity contribution in [3.8, 4) is 5.75 Å². The Hall–Kier alpha value is -2.04. The van der Waals surface area contributed by atoms with Crippen molar-refractivity contribution in [1.82, 2.24) is 0 Å². The summed E-state index contributed by atoms with van der Waals surface area (Å²) in [6.45, 7) is 0. The molecule has 2 atom stereocenters. The number of hydrogen-bond acceptors (Lipinski definition) is 3. The third-order valence-electron chi connectivity index (χ3n) is 4.46. The minimum atomic E-state index is -1.08. The molecule has 106 valence electrons. The van der Waals surface area contributed by atoms with Crippen LogP contribution in [0.25, 0.3) is 0 Å². The van der Waals surface area contributed by atoms with Crippen molar-refractivity contribution < 1.29 is 19.8 Å². The van der Waals surface area contributed by atoms with E-state index in [4.69, 9.17) is 5.11 Å². The number of nitrogens with one attached hydrogen (secondary N) is 1. The molecule has 20 heavy (non-hydrogen) atoms. The zero-order valence-corrected chi connectivity index (χ0v) is 11.0. The molecule has 5 heteroatoms. The zero-order chi connectivity index (χ0) is 14.3. The van der Waals surface area contributed by atoms with E-state index in [-0.39, 0.29) is 28.8 Å². The van der Waals surface area contributed by atoms with Crippen LogP contribution in [0.3, 0.4) is 0 Å². The smallest absolute Gasteiger partial charge is 0.335 e. The predicted molar refractivity (Wildman–Crippen MR) is 72.6 cm³/mol. The molecule has 0 heterocycles. The third kappa shape index (κ3) is 2.24. The Labute approximate surface area is 116 Å². The average molecular weight is 275 g/mol. The number of rotatable bonds is 3. The number of carboxylic acids is 1. The highest BCUT2D eigenvalue weighted by atomic mass is 16.4. The Bertz CT molecular complexity index is 557. The average Bonchev–Trinajstić information content (AvgIpc) is 3.15. The van der Waals surface area contributed by atoms with Gasteiger partial charge < -0.3 is 15.5 Å². The summed E-state index contributed by atoms with van der Waals surface area (Å²) >= 11 is 0. The molecule has 3 rings (SSSR count). The summed E-state index contributed by atoms with van der Waals surface area (Å²) in [6, 6.07) is 3.89. The minimum Gasteiger partial charge on any atom is -0.506 e. The van der Waals surface area contributed by atoms with E-state index in [1.54, 1.807) is 0 Å². The summed E-state index contributed by atoms with van der Waals surface area (Å²) in [5.74, 6) is -0.292. The molecule has 3 N–H and O–H groups in total. The first-order chi connectivity index (χ1) is 9.58. The Morgan fingerprint density at radius 1 is 1.15 bits per heavy atom. The lowest BCUT2D eigenvalue weighted by Crippen LogP contribution is -2.16. The lowest BCUT2D eigenvalue weighted by Gasteiger charge is -2.08. The first-order valence-corrected chi connectivity index (χ1v) is 6.95. The highest BCUT2D eigenvalue weighted by Crippen LogP contribution is 2.55. The van der Waals surface area contributed by atoms with Crippen LogP contribution in [0.1, 0.15) is 36.0 Å². The second kappa shape index (κ2) is 4.81. The molecule has 0 aliphatic heterocycles. The number of anilines is 1. The highest BCUT2D eigenvalue weighted by Gasteiger charge is 2.54. The van der Waals surface area contributed by atoms with Gasteiger partial charge in [-0.1, -0.05) is 12.8 Å². The van der Waals surface area contributed by atoms with Crippen LogP contribution in [-0.4, -0.2) is 22.1 Å². The molecular formula is C15H17NO4. The predicted octanol–water partition coefficient (Wildman–Crippen LogP) is 2.47. The van der Waals surface area contributed by atoms with Crippen molar-refractivity contribution in [2.45, 2.75) is 25.7 Å². The molecule has 0 radical (unpaired) electrons. The van der Waals surface area contributed by atoms with Crippen molar-refractivity contribution in [2.75, 3.05) is 5.32 Å². The molecule has 2 aliphatic carbocycles. The third-order valence-corrected chi connectivity index (χ3v) is 4.46. The Morgan fingerprint density at radius 3 is 2.40 bits per heavy atom. The SMILES string of the molecule is O=C(O)c1ccc(O)c(NC(=O)C2C3CCCCC32)c1. The maximum Gasteiger partial charge on any atom is 0.335 e. The van der Waals surface area contributed by atoms with Gasteiger partial charge in [0, 0.05) is 5.92 Å². The van der Waals surface area contributed by atoms with Crippen LogP contribution in [0.5, 0.6) is 5.75 Å². The van der Waals surface area contributed by atoms with E-state index in [1.807, 2.05) is 0 Å². The van der Waals surface area contributed by atoms with Crippen molar-refractivity contribution in [2.24, 2.45) is 17.8 Å². The van der Waals surface area contributed by atoms with Gasteiger partial charge in [0.15, 0.2) is 0 Å². The maximum atomic E-state index is 12.2. The van der Waals surface area contributed by atoms with Gasteiger partial charge in [-0.2, -0.15) is 0 Å². The highest BCUT2D eigenvalue weighted by molar-refractivity contribution is 5.98. The number of aromatic hydroxyl groups is 1. The number of aromatic carboxylic acids is 1. The van der Waals surface area contributed by atoms with Crippen LogP contribution in [0.2, 0.25) is 0 Å². The molecule has 1 amide bonds. The van der Waals surface area contributed by atoms with Crippen molar-refractivity contribution >= 4 is 17.6 Å². The quantitative estimate of drug-likeness (QED) is 0.739. The topological polar surface area (TPSA) is 86.6 Å². The first kappa shape index (κ1) is 13.0. The first-order valence-electron chi connectivity index (χ1n) is 6.95. The second-order valence-corrected chi connectivity index (χ2v) is 5.66. The Balaban J connectivity index is 1.73. The molecule has 2 unspecified atom stereocenters. The van der Waals surface area contributed by atoms with Gasteiger partial charge in [-0.3, -0.25) is 4.79 Å². The number of carbonyl (C=O) groups excluding carboxylic acids is 1. The number of phenols is 1. The summed E-state index contributed by atoms with van der Waals surface area (Å²) in [5, 5.41) is 21.3. The number of hydrogen-bond donors (Lipinski definition) is 3. The summed E-state index contributed by atoms with van der Waals surface area (Å²) in [6.07, 6.45) is 4.57. The standard InChI is InChI=1S/C15H17NO4/c17-12-6-5-8(15(19)20)7-11(12)16-14(18)13-9-3-1-2-4-10(9)13/h5-7,9-10,13,17H,1-4H2,(H,16,18)(H,19,20). The molecule has 2 saturated carbocycles. The summed E-state index contributed by atoms with van der Waals surface area (Å²) < 4.78 is 0. The fraction of sp³-hybridized carbons (Fsp3) is 0.467. The number of fused-ring (bicyclic) bond motifs is 1. The monoisotopic (exact) mass is 275 g/mol. The molecule has 0 bridgehead atoms. The molecule has 0 spiro atoms. The maximum absolute atomic E-state index is 12.2. The van der Waals surface area contributed by atoms with Crippen molar-refractivity contribution in [1.29, 1.82) is 0 Å². The molecule has 1 aromatic rings. The van der Waals surface area contributed by atoms with Crippen molar-refractivity contribution in [3.63, 3.8) is 0 Å². The van der Waals surface area contributed by atoms with E-state index in [0.717, 1.165) is 12.8 Å². The summed E-state index contributed by atoms with van der Waals surface area (Å²) in [4.78, 5) is 23.1. The molecule has 0 saturated heterocycles. The van der Waals surface area contributed by atoms with Gasteiger partial charge in [0.1, 0.15) is 5.75 Å². The van der Waals surface area contributed by atoms with Crippen LogP contribution >= 0.6 is 0 Å². The summed E-state index contributed by atoms with van der Waals surface area (Å²) in [7, 11) is 0. The van der Waals surface area contributed by atoms with Crippen molar-refractivity contribution in [3.05, 3.63) is 23.8 Å². The van der Waals surface area contributed by atoms with Crippen LogP contribution in [-0.2, 0) is 4.79 Å². The van der Waals surface area contributed by atoms with E-state index >= 15 is 0 Å². The molecule has 0 aromatic heterocycles. The van der Waals surface area contributed by atoms with Crippen LogP contribution in [0.4, 0.5) is 5.69 Å². The van der Waals surface area contributed by atoms with Gasteiger partial charge in [-0.05, 0) is 42.9 Å². The zero-order valence-electron chi connectivity index (χ0n) is 11.0. The van der Waals surface area contributed by atoms with Crippen LogP contribution in [0.15, 0.2) is 18.2 Å². The van der Waals surface area contributed by atoms with Gasteiger partial charge in [0.2, 0.25) is 5.91 Å². The van der Waals surface area contributed by atoms with Gasteiger partial charge in [0.05, 0.1) is 11.3 Å². The lowest BCUT2D eigenvalue weighted by atomic mass is 10.0. The Kier molecular flexibility index (Phi) is 3.12. The normalized spacial score (nSPS) is 27.5. The fourth-order valence-corrected chi connectivity index (χ4v) is 3.37. The fourth-order valence-electron chi connectivity index (χ4n) is 3.37. The number of amides is 1. The van der Waals surface area contributed by atoms with E-state index in [0.29, 0.717) is 11.8 Å².